The maximum Gasteiger partial charge on any atom is 0.303 e. The summed E-state index contributed by atoms with van der Waals surface area (Å²) in [5.74, 6) is -0.858. The molecule has 2 saturated heterocycles. The Labute approximate surface area is 777 Å². The van der Waals surface area contributed by atoms with Crippen LogP contribution >= 0.6 is 139 Å². The lowest BCUT2D eigenvalue weighted by atomic mass is 10.1. The van der Waals surface area contributed by atoms with E-state index in [1.807, 2.05) is 111 Å². The molecule has 0 aliphatic carbocycles. The molecule has 2 fully saturated rings. The fraction of sp³-hybridized carbons (Fsp3) is 0.295. The largest absolute Gasteiger partial charge is 0.481 e. The zero-order chi connectivity index (χ0) is 88.1. The third-order valence-corrected chi connectivity index (χ3v) is 26.1. The molecule has 15 aromatic rings. The number of hydrogen-bond donors (Lipinski definition) is 3. The van der Waals surface area contributed by atoms with Gasteiger partial charge < -0.3 is 57.2 Å². The summed E-state index contributed by atoms with van der Waals surface area (Å²) in [4.78, 5) is 87.7. The summed E-state index contributed by atoms with van der Waals surface area (Å²) in [6.07, 6.45) is 15.1. The van der Waals surface area contributed by atoms with Gasteiger partial charge in [-0.15, -0.1) is 0 Å². The number of benzene rings is 10. The van der Waals surface area contributed by atoms with Crippen molar-refractivity contribution >= 4 is 260 Å². The van der Waals surface area contributed by atoms with Crippen LogP contribution in [0.15, 0.2) is 206 Å². The van der Waals surface area contributed by atoms with Crippen LogP contribution in [0, 0.1) is 0 Å². The summed E-state index contributed by atoms with van der Waals surface area (Å²) in [6.45, 7) is 5.77. The number of ether oxygens (including phenoxy) is 4. The average molecular weight is 1990 g/mol. The molecule has 7 heterocycles. The molecular formula is C95H88Cl10IN5O13. The number of fused-ring (bicyclic) bond motifs is 10. The summed E-state index contributed by atoms with van der Waals surface area (Å²) >= 11 is 64.6. The Morgan fingerprint density at radius 3 is 1.09 bits per heavy atom. The van der Waals surface area contributed by atoms with Gasteiger partial charge in [0, 0.05) is 131 Å². The van der Waals surface area contributed by atoms with Crippen molar-refractivity contribution < 1.29 is 38.7 Å². The molecular weight excluding hydrogens is 1900 g/mol. The minimum absolute atomic E-state index is 0.0156. The number of pyridine rings is 5. The standard InChI is InChI=1S/C22H23Cl2NO3.C17H13Cl2NO3.C17H15Cl2NO2.C17H13Cl2NO2.C13H7Cl2NO.C9H17IO2/c23-17-11-10-16-21(20(17)24)25(18-8-2-1-7-15(18)22(16)26)12-4-6-14-28-19-9-3-5-13-27-19;18-12-8-7-11-16(15(12)19)20(9-3-6-14(21)22)13-5-2-1-4-10(13)17(11)23;2*18-13-8-7-12-16(15(13)19)20(9-3-4-10-21)14-6-2-1-5-11(14)17(12)22;14-9-6-5-8-12(11(9)15)16-10-4-2-1-3-7(10)13(8)17;10-6-2-4-8-12-9-5-1-3-7-11-9/h1-2,7-8,10-11,19H,3-6,9,12-14H2;1-2,4-5,7-8H,3,6,9H2,(H,21,22);1-2,5-8,21H,3-4,9-10H2;1-2,5-8,10H,3-4,9H2;1-6H,(H,16,17);9H,1-8H2. The second kappa shape index (κ2) is 46.2. The van der Waals surface area contributed by atoms with E-state index in [2.05, 4.69) is 32.1 Å². The normalized spacial score (nSPS) is 13.9. The number of nitrogens with zero attached hydrogens (tertiary/aromatic N) is 4. The number of H-pyrrole nitrogens is 1. The van der Waals surface area contributed by atoms with Crippen LogP contribution in [-0.4, -0.2) is 95.8 Å². The summed E-state index contributed by atoms with van der Waals surface area (Å²) in [7, 11) is 0. The van der Waals surface area contributed by atoms with E-state index in [0.717, 1.165) is 98.8 Å². The summed E-state index contributed by atoms with van der Waals surface area (Å²) in [6, 6.07) is 53.8. The van der Waals surface area contributed by atoms with E-state index >= 15 is 0 Å². The van der Waals surface area contributed by atoms with Gasteiger partial charge in [-0.2, -0.15) is 0 Å². The Kier molecular flexibility index (Phi) is 35.5. The van der Waals surface area contributed by atoms with Crippen molar-refractivity contribution in [3.8, 4) is 0 Å². The summed E-state index contributed by atoms with van der Waals surface area (Å²) < 4.78 is 31.6. The van der Waals surface area contributed by atoms with E-state index in [0.29, 0.717) is 184 Å². The maximum atomic E-state index is 12.9. The number of para-hydroxylation sites is 5. The Morgan fingerprint density at radius 1 is 0.395 bits per heavy atom. The van der Waals surface area contributed by atoms with E-state index < -0.39 is 5.97 Å². The number of hydrogen-bond acceptors (Lipinski definition) is 12. The van der Waals surface area contributed by atoms with Crippen LogP contribution in [-0.2, 0) is 54.7 Å². The van der Waals surface area contributed by atoms with Crippen molar-refractivity contribution in [2.75, 3.05) is 37.5 Å². The van der Waals surface area contributed by atoms with E-state index in [1.165, 1.54) is 36.5 Å². The van der Waals surface area contributed by atoms with Crippen LogP contribution in [0.1, 0.15) is 103 Å². The average Bonchev–Trinajstić information content (AvgIpc) is 0.763. The number of carboxylic acids is 1. The predicted molar refractivity (Wildman–Crippen MR) is 520 cm³/mol. The molecule has 124 heavy (non-hydrogen) atoms. The summed E-state index contributed by atoms with van der Waals surface area (Å²) in [5.41, 5.74) is 6.87. The van der Waals surface area contributed by atoms with Crippen LogP contribution in [0.2, 0.25) is 50.2 Å². The van der Waals surface area contributed by atoms with Crippen molar-refractivity contribution in [3.63, 3.8) is 0 Å². The molecule has 29 heteroatoms. The quantitative estimate of drug-likeness (QED) is 0.0178. The van der Waals surface area contributed by atoms with Crippen LogP contribution < -0.4 is 27.1 Å². The molecule has 2 unspecified atom stereocenters. The first-order valence-corrected chi connectivity index (χ1v) is 46.1. The van der Waals surface area contributed by atoms with E-state index in [4.69, 9.17) is 145 Å². The van der Waals surface area contributed by atoms with Gasteiger partial charge in [0.2, 0.25) is 0 Å². The lowest BCUT2D eigenvalue weighted by Gasteiger charge is -2.22. The first kappa shape index (κ1) is 95.2. The minimum Gasteiger partial charge on any atom is -0.481 e. The number of aryl methyl sites for hydroxylation is 4. The number of rotatable bonds is 23. The number of carbonyl (C=O) groups is 2. The smallest absolute Gasteiger partial charge is 0.303 e. The van der Waals surface area contributed by atoms with Gasteiger partial charge in [0.15, 0.2) is 39.7 Å². The zero-order valence-electron chi connectivity index (χ0n) is 67.3. The molecule has 2 aliphatic rings. The number of nitrogens with one attached hydrogen (secondary N) is 1. The van der Waals surface area contributed by atoms with Gasteiger partial charge in [-0.1, -0.05) is 199 Å². The number of alkyl halides is 1. The van der Waals surface area contributed by atoms with Crippen LogP contribution in [0.3, 0.4) is 0 Å². The maximum absolute atomic E-state index is 12.9. The Morgan fingerprint density at radius 2 is 0.726 bits per heavy atom. The van der Waals surface area contributed by atoms with Gasteiger partial charge in [0.25, 0.3) is 0 Å². The van der Waals surface area contributed by atoms with E-state index in [1.54, 1.807) is 84.9 Å². The van der Waals surface area contributed by atoms with Gasteiger partial charge in [-0.05, 0) is 216 Å². The molecule has 2 aliphatic heterocycles. The van der Waals surface area contributed by atoms with Gasteiger partial charge in [-0.25, -0.2) is 0 Å². The first-order valence-electron chi connectivity index (χ1n) is 40.8. The molecule has 2 atom stereocenters. The van der Waals surface area contributed by atoms with Gasteiger partial charge in [-0.3, -0.25) is 28.8 Å². The number of carboxylic acid groups (broad SMARTS) is 1. The second-order valence-electron chi connectivity index (χ2n) is 29.5. The fourth-order valence-electron chi connectivity index (χ4n) is 15.3. The molecule has 0 amide bonds. The molecule has 17 rings (SSSR count). The predicted octanol–water partition coefficient (Wildman–Crippen LogP) is 25.5. The Hall–Kier alpha value is -7.88. The molecule has 0 radical (unpaired) electrons. The number of aromatic amines is 1. The first-order chi connectivity index (χ1) is 60.1. The number of carbonyl (C=O) groups excluding carboxylic acids is 1. The number of aliphatic hydroxyl groups excluding tert-OH is 1. The van der Waals surface area contributed by atoms with Crippen molar-refractivity contribution in [3.05, 3.63) is 283 Å². The third-order valence-electron chi connectivity index (χ3n) is 21.3. The van der Waals surface area contributed by atoms with Crippen LogP contribution in [0.4, 0.5) is 0 Å². The number of aromatic nitrogens is 5. The van der Waals surface area contributed by atoms with Gasteiger partial charge in [0.1, 0.15) is 6.29 Å². The molecule has 0 saturated carbocycles. The second-order valence-corrected chi connectivity index (χ2v) is 34.5. The molecule has 3 N–H and O–H groups in total. The summed E-state index contributed by atoms with van der Waals surface area (Å²) in [5, 5.41) is 27.8. The highest BCUT2D eigenvalue weighted by Gasteiger charge is 2.22. The molecule has 0 spiro atoms. The highest BCUT2D eigenvalue weighted by Crippen LogP contribution is 2.38. The SMILES string of the molecule is ICCCCOC1CCCCO1.O=C(O)CCCn1c2ccccc2c(=O)c2ccc(Cl)c(Cl)c21.O=CCCCn1c2ccccc2c(=O)c2ccc(Cl)c(Cl)c21.O=c1c2ccccc2[nH]c2c(Cl)c(Cl)ccc12.O=c1c2ccccc2n(CCCCO)c2c(Cl)c(Cl)ccc12.O=c1c2ccccc2n(CCCCOC2CCCCO2)c2c(Cl)c(Cl)ccc12. The van der Waals surface area contributed by atoms with Gasteiger partial charge >= 0.3 is 5.97 Å². The van der Waals surface area contributed by atoms with Gasteiger partial charge in [0.05, 0.1) is 99.9 Å². The zero-order valence-corrected chi connectivity index (χ0v) is 77.0. The number of aldehydes is 1. The lowest BCUT2D eigenvalue weighted by molar-refractivity contribution is -0.163. The topological polar surface area (TPSA) is 232 Å². The molecule has 10 aromatic carbocycles. The fourth-order valence-corrected chi connectivity index (χ4v) is 17.8. The Bertz CT molecular complexity index is 6710. The number of aliphatic carboxylic acids is 1. The molecule has 18 nitrogen and oxygen atoms in total. The molecule has 0 bridgehead atoms. The van der Waals surface area contributed by atoms with E-state index in [9.17, 15) is 33.6 Å². The monoisotopic (exact) mass is 1980 g/mol. The number of aliphatic hydroxyl groups is 1. The van der Waals surface area contributed by atoms with E-state index in [-0.39, 0.29) is 52.8 Å². The third kappa shape index (κ3) is 22.6. The highest BCUT2D eigenvalue weighted by atomic mass is 127. The number of halogens is 11. The Balaban J connectivity index is 0.000000138. The lowest BCUT2D eigenvalue weighted by Crippen LogP contribution is -2.22. The highest BCUT2D eigenvalue weighted by molar-refractivity contribution is 14.1. The molecule has 5 aromatic heterocycles. The molecule has 648 valence electrons. The van der Waals surface area contributed by atoms with Crippen LogP contribution in [0.25, 0.3) is 109 Å². The van der Waals surface area contributed by atoms with Crippen LogP contribution in [0.5, 0.6) is 0 Å². The number of unbranched alkanes of at least 4 members (excludes halogenated alkanes) is 4. The van der Waals surface area contributed by atoms with Crippen molar-refractivity contribution in [1.29, 1.82) is 0 Å². The van der Waals surface area contributed by atoms with Crippen molar-refractivity contribution in [2.24, 2.45) is 0 Å². The van der Waals surface area contributed by atoms with Crippen molar-refractivity contribution in [1.82, 2.24) is 23.3 Å². The van der Waals surface area contributed by atoms with Crippen molar-refractivity contribution in [2.45, 2.75) is 141 Å². The minimum atomic E-state index is -0.858.